The molecule has 0 radical (unpaired) electrons. The number of phenolic OH excluding ortho intramolecular Hbond substituents is 1. The fourth-order valence-electron chi connectivity index (χ4n) is 6.50. The molecule has 0 aromatic heterocycles. The summed E-state index contributed by atoms with van der Waals surface area (Å²) in [5, 5.41) is 9.91. The van der Waals surface area contributed by atoms with Crippen LogP contribution in [0.15, 0.2) is 43.0 Å². The number of hydrogen-bond acceptors (Lipinski definition) is 4. The van der Waals surface area contributed by atoms with Gasteiger partial charge in [-0.25, -0.2) is 17.6 Å². The number of fused-ring (bicyclic) bond motifs is 1. The summed E-state index contributed by atoms with van der Waals surface area (Å²) in [6.45, 7) is 10.2. The Kier molecular flexibility index (Phi) is 10.9. The van der Waals surface area contributed by atoms with Crippen molar-refractivity contribution in [3.8, 4) is 5.75 Å². The van der Waals surface area contributed by atoms with Crippen molar-refractivity contribution in [1.82, 2.24) is 9.80 Å². The highest BCUT2D eigenvalue weighted by atomic mass is 19.3. The van der Waals surface area contributed by atoms with E-state index in [0.717, 1.165) is 76.8 Å². The zero-order chi connectivity index (χ0) is 28.6. The van der Waals surface area contributed by atoms with Gasteiger partial charge in [0.15, 0.2) is 0 Å². The van der Waals surface area contributed by atoms with Gasteiger partial charge in [-0.15, -0.1) is 6.58 Å². The molecule has 2 aromatic carbocycles. The maximum atomic E-state index is 15.7. The molecule has 40 heavy (non-hydrogen) atoms. The minimum Gasteiger partial charge on any atom is -0.508 e. The summed E-state index contributed by atoms with van der Waals surface area (Å²) < 4.78 is 58.3. The first-order valence-electron chi connectivity index (χ1n) is 14.7. The molecule has 2 heterocycles. The van der Waals surface area contributed by atoms with Crippen LogP contribution in [0, 0.1) is 17.6 Å². The second kappa shape index (κ2) is 14.4. The number of anilines is 1. The standard InChI is InChI=1S/C32H43F4N3O/c1-3-13-37(14-4-2)15-5-7-23-8-6-16-38(17-11-23)25-20-28(33)31(29(34)21-25)32-27-10-9-26(40)19-24(27)12-18-39(32)22-30(35)36/h3,9-10,19-21,23,30,32,40H,1,4-8,11-18,22H2,2H3. The van der Waals surface area contributed by atoms with Crippen LogP contribution in [-0.2, 0) is 6.42 Å². The van der Waals surface area contributed by atoms with Gasteiger partial charge in [0, 0.05) is 37.4 Å². The molecule has 1 fully saturated rings. The van der Waals surface area contributed by atoms with Gasteiger partial charge in [-0.3, -0.25) is 9.80 Å². The van der Waals surface area contributed by atoms with Crippen LogP contribution in [0.4, 0.5) is 23.2 Å². The van der Waals surface area contributed by atoms with Crippen LogP contribution in [0.25, 0.3) is 0 Å². The van der Waals surface area contributed by atoms with Crippen molar-refractivity contribution in [1.29, 1.82) is 0 Å². The van der Waals surface area contributed by atoms with Gasteiger partial charge in [0.25, 0.3) is 6.43 Å². The summed E-state index contributed by atoms with van der Waals surface area (Å²) >= 11 is 0. The molecule has 1 saturated heterocycles. The van der Waals surface area contributed by atoms with E-state index in [0.29, 0.717) is 23.6 Å². The van der Waals surface area contributed by atoms with E-state index in [4.69, 9.17) is 0 Å². The van der Waals surface area contributed by atoms with Gasteiger partial charge < -0.3 is 10.0 Å². The number of halogens is 4. The van der Waals surface area contributed by atoms with Crippen molar-refractivity contribution >= 4 is 5.69 Å². The second-order valence-electron chi connectivity index (χ2n) is 11.3. The molecule has 2 aliphatic rings. The van der Waals surface area contributed by atoms with Gasteiger partial charge in [0.2, 0.25) is 0 Å². The lowest BCUT2D eigenvalue weighted by atomic mass is 9.87. The number of aromatic hydroxyl groups is 1. The predicted octanol–water partition coefficient (Wildman–Crippen LogP) is 7.17. The first-order valence-corrected chi connectivity index (χ1v) is 14.7. The van der Waals surface area contributed by atoms with Crippen molar-refractivity contribution in [2.24, 2.45) is 5.92 Å². The first kappa shape index (κ1) is 30.4. The number of rotatable bonds is 12. The molecule has 4 rings (SSSR count). The average molecular weight is 562 g/mol. The summed E-state index contributed by atoms with van der Waals surface area (Å²) in [6.07, 6.45) is 6.18. The Morgan fingerprint density at radius 3 is 2.55 bits per heavy atom. The summed E-state index contributed by atoms with van der Waals surface area (Å²) in [7, 11) is 0. The Morgan fingerprint density at radius 1 is 1.07 bits per heavy atom. The molecular weight excluding hydrogens is 518 g/mol. The van der Waals surface area contributed by atoms with E-state index in [2.05, 4.69) is 23.3 Å². The number of nitrogens with zero attached hydrogens (tertiary/aromatic N) is 3. The lowest BCUT2D eigenvalue weighted by Gasteiger charge is -2.38. The SMILES string of the molecule is C=CCN(CCC)CCCC1CCCN(c2cc(F)c(C3c4ccc(O)cc4CCN3CC(F)F)c(F)c2)CC1. The molecule has 0 saturated carbocycles. The molecule has 0 spiro atoms. The Labute approximate surface area is 236 Å². The van der Waals surface area contributed by atoms with E-state index in [1.165, 1.54) is 23.1 Å². The second-order valence-corrected chi connectivity index (χ2v) is 11.3. The molecule has 1 N–H and O–H groups in total. The summed E-state index contributed by atoms with van der Waals surface area (Å²) in [5.41, 5.74) is 1.57. The van der Waals surface area contributed by atoms with E-state index in [-0.39, 0.29) is 17.9 Å². The normalized spacial score (nSPS) is 20.1. The average Bonchev–Trinajstić information content (AvgIpc) is 3.15. The van der Waals surface area contributed by atoms with Crippen LogP contribution >= 0.6 is 0 Å². The van der Waals surface area contributed by atoms with Gasteiger partial charge >= 0.3 is 0 Å². The quantitative estimate of drug-likeness (QED) is 0.220. The Hall–Kier alpha value is -2.58. The third kappa shape index (κ3) is 7.58. The van der Waals surface area contributed by atoms with E-state index in [1.54, 1.807) is 12.1 Å². The van der Waals surface area contributed by atoms with Crippen molar-refractivity contribution in [2.75, 3.05) is 50.7 Å². The third-order valence-corrected chi connectivity index (χ3v) is 8.39. The third-order valence-electron chi connectivity index (χ3n) is 8.39. The monoisotopic (exact) mass is 561 g/mol. The highest BCUT2D eigenvalue weighted by Crippen LogP contribution is 2.40. The fraction of sp³-hybridized carbons (Fsp3) is 0.562. The molecule has 4 nitrogen and oxygen atoms in total. The Bertz CT molecular complexity index is 1100. The molecule has 8 heteroatoms. The predicted molar refractivity (Wildman–Crippen MR) is 153 cm³/mol. The van der Waals surface area contributed by atoms with Crippen LogP contribution in [-0.4, -0.2) is 67.1 Å². The van der Waals surface area contributed by atoms with Crippen LogP contribution in [0.1, 0.15) is 68.2 Å². The zero-order valence-electron chi connectivity index (χ0n) is 23.6. The minimum absolute atomic E-state index is 0.0469. The number of alkyl halides is 2. The smallest absolute Gasteiger partial charge is 0.251 e. The lowest BCUT2D eigenvalue weighted by molar-refractivity contribution is 0.0686. The topological polar surface area (TPSA) is 30.0 Å². The maximum Gasteiger partial charge on any atom is 0.251 e. The van der Waals surface area contributed by atoms with Gasteiger partial charge in [-0.05, 0) is 99.3 Å². The van der Waals surface area contributed by atoms with E-state index < -0.39 is 30.6 Å². The van der Waals surface area contributed by atoms with Crippen LogP contribution in [0.5, 0.6) is 5.75 Å². The zero-order valence-corrected chi connectivity index (χ0v) is 23.6. The number of hydrogen-bond donors (Lipinski definition) is 1. The molecule has 2 aliphatic heterocycles. The Morgan fingerprint density at radius 2 is 1.85 bits per heavy atom. The van der Waals surface area contributed by atoms with Gasteiger partial charge in [0.05, 0.1) is 12.6 Å². The minimum atomic E-state index is -2.63. The number of phenols is 1. The van der Waals surface area contributed by atoms with Crippen molar-refractivity contribution in [3.05, 3.63) is 71.3 Å². The van der Waals surface area contributed by atoms with Crippen LogP contribution in [0.3, 0.4) is 0 Å². The van der Waals surface area contributed by atoms with Gasteiger partial charge in [-0.2, -0.15) is 0 Å². The molecule has 2 atom stereocenters. The van der Waals surface area contributed by atoms with E-state index in [9.17, 15) is 13.9 Å². The van der Waals surface area contributed by atoms with E-state index >= 15 is 8.78 Å². The Balaban J connectivity index is 1.48. The van der Waals surface area contributed by atoms with Crippen LogP contribution < -0.4 is 4.90 Å². The first-order chi connectivity index (χ1) is 19.3. The molecule has 2 aromatic rings. The van der Waals surface area contributed by atoms with Gasteiger partial charge in [0.1, 0.15) is 17.4 Å². The van der Waals surface area contributed by atoms with Crippen molar-refractivity contribution < 1.29 is 22.7 Å². The largest absolute Gasteiger partial charge is 0.508 e. The fourth-order valence-corrected chi connectivity index (χ4v) is 6.50. The molecule has 0 bridgehead atoms. The highest BCUT2D eigenvalue weighted by Gasteiger charge is 2.35. The highest BCUT2D eigenvalue weighted by molar-refractivity contribution is 5.52. The van der Waals surface area contributed by atoms with Gasteiger partial charge in [-0.1, -0.05) is 19.1 Å². The molecule has 2 unspecified atom stereocenters. The lowest BCUT2D eigenvalue weighted by Crippen LogP contribution is -2.40. The summed E-state index contributed by atoms with van der Waals surface area (Å²) in [6, 6.07) is 6.34. The molecule has 0 aliphatic carbocycles. The van der Waals surface area contributed by atoms with Crippen LogP contribution in [0.2, 0.25) is 0 Å². The van der Waals surface area contributed by atoms with E-state index in [1.807, 2.05) is 6.08 Å². The molecule has 220 valence electrons. The molecular formula is C32H43F4N3O. The maximum absolute atomic E-state index is 15.7. The van der Waals surface area contributed by atoms with Crippen molar-refractivity contribution in [2.45, 2.75) is 64.3 Å². The summed E-state index contributed by atoms with van der Waals surface area (Å²) in [4.78, 5) is 5.93. The molecule has 0 amide bonds. The number of benzene rings is 2. The summed E-state index contributed by atoms with van der Waals surface area (Å²) in [5.74, 6) is -0.812. The van der Waals surface area contributed by atoms with Crippen molar-refractivity contribution in [3.63, 3.8) is 0 Å².